The van der Waals surface area contributed by atoms with Crippen molar-refractivity contribution >= 4 is 23.3 Å². The standard InChI is InChI=1S/C24H26ClNO4/c1-15-12-20-21(27)14-24(30-22(20)13-16(15)2)8-10-26(11-9-24)23(28)17(3)29-19-6-4-18(25)5-7-19/h4-7,12-13,17H,8-11,14H2,1-3H3. The van der Waals surface area contributed by atoms with Crippen LogP contribution in [0.25, 0.3) is 0 Å². The number of ether oxygens (including phenoxy) is 2. The lowest BCUT2D eigenvalue weighted by Gasteiger charge is -2.44. The van der Waals surface area contributed by atoms with Crippen LogP contribution in [-0.2, 0) is 4.79 Å². The molecule has 0 radical (unpaired) electrons. The first-order chi connectivity index (χ1) is 14.3. The molecule has 1 atom stereocenters. The van der Waals surface area contributed by atoms with Gasteiger partial charge >= 0.3 is 0 Å². The van der Waals surface area contributed by atoms with Crippen LogP contribution in [0.2, 0.25) is 5.02 Å². The van der Waals surface area contributed by atoms with Crippen molar-refractivity contribution in [2.24, 2.45) is 0 Å². The van der Waals surface area contributed by atoms with Gasteiger partial charge in [0.05, 0.1) is 12.0 Å². The quantitative estimate of drug-likeness (QED) is 0.709. The minimum atomic E-state index is -0.597. The van der Waals surface area contributed by atoms with Gasteiger partial charge < -0.3 is 14.4 Å². The highest BCUT2D eigenvalue weighted by atomic mass is 35.5. The first-order valence-corrected chi connectivity index (χ1v) is 10.7. The Bertz CT molecular complexity index is 977. The van der Waals surface area contributed by atoms with E-state index in [9.17, 15) is 9.59 Å². The molecule has 158 valence electrons. The average Bonchev–Trinajstić information content (AvgIpc) is 2.71. The molecule has 2 aliphatic rings. The number of carbonyl (C=O) groups excluding carboxylic acids is 2. The van der Waals surface area contributed by atoms with E-state index in [1.165, 1.54) is 0 Å². The maximum atomic E-state index is 12.9. The molecule has 0 saturated carbocycles. The number of Topliss-reactive ketones (excluding diaryl/α,β-unsaturated/α-hetero) is 1. The molecule has 4 rings (SSSR count). The lowest BCUT2D eigenvalue weighted by molar-refractivity contribution is -0.141. The highest BCUT2D eigenvalue weighted by Gasteiger charge is 2.44. The fourth-order valence-corrected chi connectivity index (χ4v) is 4.31. The summed E-state index contributed by atoms with van der Waals surface area (Å²) in [6.45, 7) is 6.86. The zero-order valence-corrected chi connectivity index (χ0v) is 18.3. The van der Waals surface area contributed by atoms with Gasteiger partial charge in [0.15, 0.2) is 11.9 Å². The molecule has 30 heavy (non-hydrogen) atoms. The number of fused-ring (bicyclic) bond motifs is 1. The lowest BCUT2D eigenvalue weighted by Crippen LogP contribution is -2.54. The first-order valence-electron chi connectivity index (χ1n) is 10.3. The fraction of sp³-hybridized carbons (Fsp3) is 0.417. The minimum absolute atomic E-state index is 0.0613. The summed E-state index contributed by atoms with van der Waals surface area (Å²) in [4.78, 5) is 27.4. The Hall–Kier alpha value is -2.53. The summed E-state index contributed by atoms with van der Waals surface area (Å²) < 4.78 is 12.1. The van der Waals surface area contributed by atoms with E-state index >= 15 is 0 Å². The van der Waals surface area contributed by atoms with Gasteiger partial charge in [0.1, 0.15) is 17.1 Å². The number of hydrogen-bond donors (Lipinski definition) is 0. The summed E-state index contributed by atoms with van der Waals surface area (Å²) in [5.41, 5.74) is 2.35. The van der Waals surface area contributed by atoms with Crippen LogP contribution in [0.3, 0.4) is 0 Å². The number of hydrogen-bond acceptors (Lipinski definition) is 4. The van der Waals surface area contributed by atoms with Gasteiger partial charge in [0, 0.05) is 31.0 Å². The Labute approximate surface area is 181 Å². The van der Waals surface area contributed by atoms with Gasteiger partial charge in [-0.15, -0.1) is 0 Å². The van der Waals surface area contributed by atoms with E-state index in [2.05, 4.69) is 0 Å². The molecule has 2 heterocycles. The summed E-state index contributed by atoms with van der Waals surface area (Å²) >= 11 is 5.90. The lowest BCUT2D eigenvalue weighted by atomic mass is 9.82. The van der Waals surface area contributed by atoms with Crippen LogP contribution in [-0.4, -0.2) is 41.4 Å². The largest absolute Gasteiger partial charge is 0.486 e. The monoisotopic (exact) mass is 427 g/mol. The summed E-state index contributed by atoms with van der Waals surface area (Å²) in [5, 5.41) is 0.622. The van der Waals surface area contributed by atoms with E-state index < -0.39 is 11.7 Å². The van der Waals surface area contributed by atoms with Crippen molar-refractivity contribution in [2.75, 3.05) is 13.1 Å². The van der Waals surface area contributed by atoms with Gasteiger partial charge in [-0.25, -0.2) is 0 Å². The van der Waals surface area contributed by atoms with Crippen LogP contribution < -0.4 is 9.47 Å². The number of halogens is 1. The molecule has 1 spiro atoms. The third kappa shape index (κ3) is 4.04. The molecule has 1 amide bonds. The highest BCUT2D eigenvalue weighted by Crippen LogP contribution is 2.40. The Morgan fingerprint density at radius 3 is 2.43 bits per heavy atom. The topological polar surface area (TPSA) is 55.8 Å². The smallest absolute Gasteiger partial charge is 0.263 e. The van der Waals surface area contributed by atoms with Gasteiger partial charge in [0.25, 0.3) is 5.91 Å². The predicted octanol–water partition coefficient (Wildman–Crippen LogP) is 4.75. The molecule has 1 saturated heterocycles. The van der Waals surface area contributed by atoms with Crippen LogP contribution in [0.5, 0.6) is 11.5 Å². The molecule has 6 heteroatoms. The second-order valence-corrected chi connectivity index (χ2v) is 8.79. The second kappa shape index (κ2) is 7.95. The molecule has 5 nitrogen and oxygen atoms in total. The molecular formula is C24H26ClNO4. The molecule has 1 fully saturated rings. The van der Waals surface area contributed by atoms with E-state index in [0.29, 0.717) is 54.4 Å². The Kier molecular flexibility index (Phi) is 5.49. The van der Waals surface area contributed by atoms with Crippen molar-refractivity contribution in [1.29, 1.82) is 0 Å². The fourth-order valence-electron chi connectivity index (χ4n) is 4.19. The van der Waals surface area contributed by atoms with E-state index in [4.69, 9.17) is 21.1 Å². The predicted molar refractivity (Wildman–Crippen MR) is 116 cm³/mol. The second-order valence-electron chi connectivity index (χ2n) is 8.36. The normalized spacial score (nSPS) is 18.5. The van der Waals surface area contributed by atoms with Crippen molar-refractivity contribution < 1.29 is 19.1 Å². The molecular weight excluding hydrogens is 402 g/mol. The highest BCUT2D eigenvalue weighted by molar-refractivity contribution is 6.30. The van der Waals surface area contributed by atoms with Crippen molar-refractivity contribution in [3.8, 4) is 11.5 Å². The van der Waals surface area contributed by atoms with Gasteiger partial charge in [0.2, 0.25) is 0 Å². The van der Waals surface area contributed by atoms with Crippen LogP contribution in [0, 0.1) is 13.8 Å². The third-order valence-corrected chi connectivity index (χ3v) is 6.42. The number of carbonyl (C=O) groups is 2. The van der Waals surface area contributed by atoms with Crippen LogP contribution >= 0.6 is 11.6 Å². The molecule has 0 bridgehead atoms. The Morgan fingerprint density at radius 2 is 1.77 bits per heavy atom. The molecule has 0 N–H and O–H groups in total. The van der Waals surface area contributed by atoms with Crippen LogP contribution in [0.1, 0.15) is 47.7 Å². The molecule has 0 aliphatic carbocycles. The van der Waals surface area contributed by atoms with E-state index in [0.717, 1.165) is 11.1 Å². The zero-order chi connectivity index (χ0) is 21.5. The van der Waals surface area contributed by atoms with Crippen LogP contribution in [0.15, 0.2) is 36.4 Å². The number of amides is 1. The maximum absolute atomic E-state index is 12.9. The number of likely N-dealkylation sites (tertiary alicyclic amines) is 1. The molecule has 2 aromatic rings. The minimum Gasteiger partial charge on any atom is -0.486 e. The number of rotatable bonds is 3. The number of aryl methyl sites for hydroxylation is 2. The Balaban J connectivity index is 1.40. The summed E-state index contributed by atoms with van der Waals surface area (Å²) in [7, 11) is 0. The number of piperidine rings is 1. The van der Waals surface area contributed by atoms with E-state index in [1.54, 1.807) is 36.1 Å². The molecule has 0 aromatic heterocycles. The van der Waals surface area contributed by atoms with Gasteiger partial charge in [-0.1, -0.05) is 11.6 Å². The SMILES string of the molecule is Cc1cc2c(cc1C)C(=O)CC1(CCN(C(=O)C(C)Oc3ccc(Cl)cc3)CC1)O2. The van der Waals surface area contributed by atoms with E-state index in [-0.39, 0.29) is 11.7 Å². The maximum Gasteiger partial charge on any atom is 0.263 e. The Morgan fingerprint density at radius 1 is 1.13 bits per heavy atom. The summed E-state index contributed by atoms with van der Waals surface area (Å²) in [6, 6.07) is 10.9. The third-order valence-electron chi connectivity index (χ3n) is 6.17. The molecule has 2 aliphatic heterocycles. The van der Waals surface area contributed by atoms with Crippen molar-refractivity contribution in [3.63, 3.8) is 0 Å². The molecule has 2 aromatic carbocycles. The number of nitrogens with zero attached hydrogens (tertiary/aromatic N) is 1. The number of ketones is 1. The zero-order valence-electron chi connectivity index (χ0n) is 17.5. The van der Waals surface area contributed by atoms with Crippen molar-refractivity contribution in [2.45, 2.75) is 51.7 Å². The number of benzene rings is 2. The van der Waals surface area contributed by atoms with Gasteiger partial charge in [-0.05, 0) is 68.3 Å². The van der Waals surface area contributed by atoms with Gasteiger partial charge in [-0.3, -0.25) is 9.59 Å². The van der Waals surface area contributed by atoms with Crippen molar-refractivity contribution in [3.05, 3.63) is 58.1 Å². The first kappa shape index (κ1) is 20.7. The van der Waals surface area contributed by atoms with E-state index in [1.807, 2.05) is 26.0 Å². The van der Waals surface area contributed by atoms with Crippen LogP contribution in [0.4, 0.5) is 0 Å². The van der Waals surface area contributed by atoms with Crippen molar-refractivity contribution in [1.82, 2.24) is 4.90 Å². The average molecular weight is 428 g/mol. The molecule has 1 unspecified atom stereocenters. The summed E-state index contributed by atoms with van der Waals surface area (Å²) in [6.07, 6.45) is 1.02. The summed E-state index contributed by atoms with van der Waals surface area (Å²) in [5.74, 6) is 1.35. The van der Waals surface area contributed by atoms with Gasteiger partial charge in [-0.2, -0.15) is 0 Å².